The number of nitrogens with one attached hydrogen (secondary N) is 1. The molecule has 3 aliphatic rings. The number of alkyl halides is 3. The van der Waals surface area contributed by atoms with Gasteiger partial charge in [-0.25, -0.2) is 0 Å². The minimum atomic E-state index is -4.50. The van der Waals surface area contributed by atoms with Crippen molar-refractivity contribution in [3.8, 4) is 0 Å². The first-order valence-electron chi connectivity index (χ1n) is 8.73. The molecule has 1 amide bonds. The van der Waals surface area contributed by atoms with E-state index in [0.29, 0.717) is 29.1 Å². The predicted molar refractivity (Wildman–Crippen MR) is 97.7 cm³/mol. The number of amides is 1. The van der Waals surface area contributed by atoms with Crippen LogP contribution in [0.5, 0.6) is 0 Å². The largest absolute Gasteiger partial charge is 0.482 e. The molecule has 1 N–H and O–H groups in total. The number of benzene rings is 1. The van der Waals surface area contributed by atoms with Crippen molar-refractivity contribution in [3.05, 3.63) is 82.2 Å². The zero-order valence-corrected chi connectivity index (χ0v) is 15.2. The van der Waals surface area contributed by atoms with Crippen molar-refractivity contribution in [3.63, 3.8) is 0 Å². The van der Waals surface area contributed by atoms with Crippen molar-refractivity contribution in [1.82, 2.24) is 10.2 Å². The summed E-state index contributed by atoms with van der Waals surface area (Å²) in [4.78, 5) is 13.7. The second-order valence-corrected chi connectivity index (χ2v) is 6.82. The molecule has 4 nitrogen and oxygen atoms in total. The molecule has 144 valence electrons. The fourth-order valence-electron chi connectivity index (χ4n) is 3.57. The van der Waals surface area contributed by atoms with E-state index in [9.17, 15) is 18.0 Å². The van der Waals surface area contributed by atoms with Gasteiger partial charge in [-0.15, -0.1) is 0 Å². The molecule has 0 bridgehead atoms. The van der Waals surface area contributed by atoms with Crippen LogP contribution in [-0.4, -0.2) is 30.1 Å². The number of fused-ring (bicyclic) bond motifs is 2. The van der Waals surface area contributed by atoms with Gasteiger partial charge in [0.1, 0.15) is 5.57 Å². The van der Waals surface area contributed by atoms with Crippen molar-refractivity contribution in [2.45, 2.75) is 25.6 Å². The standard InChI is InChI=1S/C21H17F3N2O2/c1-12-9-14-10-13(3-4-17(14)20(27)25-12)16-5-6-19(28-2)26-8-7-15(11-18(16)26)21(22,23)24/h3-6,8,10-12H,9H2,1-2H3,(H,25,27). The van der Waals surface area contributed by atoms with Crippen molar-refractivity contribution in [2.24, 2.45) is 0 Å². The van der Waals surface area contributed by atoms with E-state index in [4.69, 9.17) is 4.74 Å². The Morgan fingerprint density at radius 1 is 1.29 bits per heavy atom. The van der Waals surface area contributed by atoms with Crippen LogP contribution in [0.15, 0.2) is 65.5 Å². The van der Waals surface area contributed by atoms with Gasteiger partial charge < -0.3 is 10.1 Å². The normalized spacial score (nSPS) is 21.0. The maximum Gasteiger partial charge on any atom is 0.423 e. The van der Waals surface area contributed by atoms with Gasteiger partial charge in [0, 0.05) is 17.2 Å². The molecular weight excluding hydrogens is 369 g/mol. The molecule has 3 aliphatic heterocycles. The third kappa shape index (κ3) is 3.04. The van der Waals surface area contributed by atoms with E-state index in [1.165, 1.54) is 18.2 Å². The molecule has 0 saturated carbocycles. The lowest BCUT2D eigenvalue weighted by Gasteiger charge is -2.31. The molecule has 0 radical (unpaired) electrons. The summed E-state index contributed by atoms with van der Waals surface area (Å²) in [7, 11) is 1.46. The summed E-state index contributed by atoms with van der Waals surface area (Å²) >= 11 is 0. The number of rotatable bonds is 2. The zero-order chi connectivity index (χ0) is 20.1. The molecule has 0 fully saturated rings. The molecule has 4 rings (SSSR count). The lowest BCUT2D eigenvalue weighted by atomic mass is 9.89. The van der Waals surface area contributed by atoms with Gasteiger partial charge in [-0.3, -0.25) is 9.69 Å². The van der Waals surface area contributed by atoms with Gasteiger partial charge in [-0.05, 0) is 48.8 Å². The molecule has 3 heterocycles. The number of methoxy groups -OCH3 is 1. The Morgan fingerprint density at radius 3 is 2.79 bits per heavy atom. The number of carbonyl (C=O) groups excluding carboxylic acids is 1. The van der Waals surface area contributed by atoms with Crippen LogP contribution in [0.3, 0.4) is 0 Å². The van der Waals surface area contributed by atoms with Crippen molar-refractivity contribution in [2.75, 3.05) is 7.11 Å². The average molecular weight is 386 g/mol. The SMILES string of the molecule is COC1=CC=C(c2ccc3c(c2)CC(C)NC3=O)C2=CC(C(F)(F)F)=C=CN12. The smallest absolute Gasteiger partial charge is 0.423 e. The summed E-state index contributed by atoms with van der Waals surface area (Å²) in [6, 6.07) is 5.34. The third-order valence-electron chi connectivity index (χ3n) is 4.87. The van der Waals surface area contributed by atoms with E-state index in [-0.39, 0.29) is 11.9 Å². The van der Waals surface area contributed by atoms with E-state index < -0.39 is 11.7 Å². The van der Waals surface area contributed by atoms with Crippen LogP contribution in [0.25, 0.3) is 5.57 Å². The quantitative estimate of drug-likeness (QED) is 0.780. The predicted octanol–water partition coefficient (Wildman–Crippen LogP) is 4.05. The number of hydrogen-bond donors (Lipinski definition) is 1. The molecule has 0 saturated heterocycles. The van der Waals surface area contributed by atoms with Gasteiger partial charge >= 0.3 is 6.18 Å². The molecular formula is C21H17F3N2O2. The molecule has 0 aromatic heterocycles. The molecule has 28 heavy (non-hydrogen) atoms. The van der Waals surface area contributed by atoms with Crippen LogP contribution in [0, 0.1) is 0 Å². The molecule has 1 unspecified atom stereocenters. The number of ether oxygens (including phenoxy) is 1. The summed E-state index contributed by atoms with van der Waals surface area (Å²) < 4.78 is 45.0. The summed E-state index contributed by atoms with van der Waals surface area (Å²) in [5, 5.41) is 2.87. The van der Waals surface area contributed by atoms with E-state index in [0.717, 1.165) is 17.2 Å². The number of halogens is 3. The van der Waals surface area contributed by atoms with Gasteiger partial charge in [0.15, 0.2) is 5.88 Å². The second-order valence-electron chi connectivity index (χ2n) is 6.82. The summed E-state index contributed by atoms with van der Waals surface area (Å²) in [5.41, 5.74) is 4.58. The number of allylic oxidation sites excluding steroid dienone is 5. The van der Waals surface area contributed by atoms with E-state index >= 15 is 0 Å². The van der Waals surface area contributed by atoms with Gasteiger partial charge in [-0.1, -0.05) is 17.9 Å². The maximum atomic E-state index is 13.2. The average Bonchev–Trinajstić information content (AvgIpc) is 2.65. The van der Waals surface area contributed by atoms with Gasteiger partial charge in [0.05, 0.1) is 19.0 Å². The Balaban J connectivity index is 1.82. The fourth-order valence-corrected chi connectivity index (χ4v) is 3.57. The number of nitrogens with zero attached hydrogens (tertiary/aromatic N) is 1. The monoisotopic (exact) mass is 386 g/mol. The minimum absolute atomic E-state index is 0.00340. The van der Waals surface area contributed by atoms with Crippen LogP contribution >= 0.6 is 0 Å². The van der Waals surface area contributed by atoms with Crippen molar-refractivity contribution >= 4 is 11.5 Å². The molecule has 7 heteroatoms. The Morgan fingerprint density at radius 2 is 2.07 bits per heavy atom. The highest BCUT2D eigenvalue weighted by Crippen LogP contribution is 2.39. The lowest BCUT2D eigenvalue weighted by Crippen LogP contribution is -2.39. The molecule has 0 aliphatic carbocycles. The number of hydrogen-bond acceptors (Lipinski definition) is 3. The first-order chi connectivity index (χ1) is 13.3. The van der Waals surface area contributed by atoms with Crippen LogP contribution in [0.1, 0.15) is 28.4 Å². The highest BCUT2D eigenvalue weighted by molar-refractivity contribution is 5.97. The summed E-state index contributed by atoms with van der Waals surface area (Å²) in [5.74, 6) is 0.262. The topological polar surface area (TPSA) is 41.6 Å². The highest BCUT2D eigenvalue weighted by atomic mass is 19.4. The summed E-state index contributed by atoms with van der Waals surface area (Å²) in [6.45, 7) is 1.91. The maximum absolute atomic E-state index is 13.2. The molecule has 1 aromatic rings. The van der Waals surface area contributed by atoms with Gasteiger partial charge in [-0.2, -0.15) is 13.2 Å². The Labute approximate surface area is 160 Å². The Kier molecular flexibility index (Phi) is 4.20. The molecule has 0 spiro atoms. The number of carbonyl (C=O) groups is 1. The van der Waals surface area contributed by atoms with Crippen LogP contribution < -0.4 is 5.32 Å². The Bertz CT molecular complexity index is 1020. The van der Waals surface area contributed by atoms with E-state index in [1.54, 1.807) is 24.3 Å². The van der Waals surface area contributed by atoms with Crippen LogP contribution in [0.4, 0.5) is 13.2 Å². The minimum Gasteiger partial charge on any atom is -0.482 e. The van der Waals surface area contributed by atoms with E-state index in [1.807, 2.05) is 13.0 Å². The van der Waals surface area contributed by atoms with Crippen LogP contribution in [-0.2, 0) is 11.2 Å². The van der Waals surface area contributed by atoms with Crippen molar-refractivity contribution in [1.29, 1.82) is 0 Å². The fraction of sp³-hybridized carbons (Fsp3) is 0.238. The van der Waals surface area contributed by atoms with Crippen molar-refractivity contribution < 1.29 is 22.7 Å². The zero-order valence-electron chi connectivity index (χ0n) is 15.2. The van der Waals surface area contributed by atoms with Crippen LogP contribution in [0.2, 0.25) is 0 Å². The molecule has 1 atom stereocenters. The third-order valence-corrected chi connectivity index (χ3v) is 4.87. The van der Waals surface area contributed by atoms with Gasteiger partial charge in [0.2, 0.25) is 0 Å². The second kappa shape index (κ2) is 6.46. The van der Waals surface area contributed by atoms with E-state index in [2.05, 4.69) is 11.0 Å². The van der Waals surface area contributed by atoms with Gasteiger partial charge in [0.25, 0.3) is 5.91 Å². The molecule has 1 aromatic carbocycles. The lowest BCUT2D eigenvalue weighted by molar-refractivity contribution is -0.0883. The summed E-state index contributed by atoms with van der Waals surface area (Å²) in [6.07, 6.45) is 1.87. The highest BCUT2D eigenvalue weighted by Gasteiger charge is 2.36. The first kappa shape index (κ1) is 18.2. The Hall–Kier alpha value is -3.18. The first-order valence-corrected chi connectivity index (χ1v) is 8.73.